The summed E-state index contributed by atoms with van der Waals surface area (Å²) in [6.45, 7) is 9.32. The summed E-state index contributed by atoms with van der Waals surface area (Å²) < 4.78 is 0. The fourth-order valence-corrected chi connectivity index (χ4v) is 4.18. The van der Waals surface area contributed by atoms with Gasteiger partial charge in [-0.2, -0.15) is 0 Å². The SMILES string of the molecule is CC1CC(C)(C)CC(CN)(N(C)CC2CC2)C1. The van der Waals surface area contributed by atoms with Crippen molar-refractivity contribution < 1.29 is 0 Å². The third kappa shape index (κ3) is 3.03. The van der Waals surface area contributed by atoms with E-state index in [1.165, 1.54) is 38.6 Å². The summed E-state index contributed by atoms with van der Waals surface area (Å²) in [5, 5.41) is 0. The molecule has 2 rings (SSSR count). The summed E-state index contributed by atoms with van der Waals surface area (Å²) in [7, 11) is 2.30. The van der Waals surface area contributed by atoms with Crippen LogP contribution in [0, 0.1) is 17.3 Å². The largest absolute Gasteiger partial charge is 0.329 e. The Kier molecular flexibility index (Phi) is 3.57. The van der Waals surface area contributed by atoms with Crippen LogP contribution in [-0.2, 0) is 0 Å². The molecule has 17 heavy (non-hydrogen) atoms. The van der Waals surface area contributed by atoms with Gasteiger partial charge in [-0.3, -0.25) is 4.90 Å². The second kappa shape index (κ2) is 4.55. The Hall–Kier alpha value is -0.0800. The molecule has 2 nitrogen and oxygen atoms in total. The quantitative estimate of drug-likeness (QED) is 0.816. The molecule has 2 N–H and O–H groups in total. The fraction of sp³-hybridized carbons (Fsp3) is 1.00. The first-order valence-electron chi connectivity index (χ1n) is 7.28. The van der Waals surface area contributed by atoms with Gasteiger partial charge >= 0.3 is 0 Å². The van der Waals surface area contributed by atoms with E-state index in [1.807, 2.05) is 0 Å². The van der Waals surface area contributed by atoms with E-state index < -0.39 is 0 Å². The first-order valence-corrected chi connectivity index (χ1v) is 7.28. The van der Waals surface area contributed by atoms with Gasteiger partial charge in [-0.25, -0.2) is 0 Å². The average Bonchev–Trinajstić information content (AvgIpc) is 2.98. The summed E-state index contributed by atoms with van der Waals surface area (Å²) >= 11 is 0. The van der Waals surface area contributed by atoms with Crippen LogP contribution in [0.2, 0.25) is 0 Å². The van der Waals surface area contributed by atoms with Gasteiger partial charge < -0.3 is 5.73 Å². The van der Waals surface area contributed by atoms with Gasteiger partial charge in [-0.15, -0.1) is 0 Å². The maximum absolute atomic E-state index is 6.18. The standard InChI is InChI=1S/C15H30N2/c1-12-7-14(2,3)10-15(8-12,11-16)17(4)9-13-5-6-13/h12-13H,5-11,16H2,1-4H3. The number of nitrogens with two attached hydrogens (primary N) is 1. The Morgan fingerprint density at radius 3 is 2.35 bits per heavy atom. The van der Waals surface area contributed by atoms with Crippen molar-refractivity contribution in [1.82, 2.24) is 4.90 Å². The van der Waals surface area contributed by atoms with Crippen molar-refractivity contribution in [2.24, 2.45) is 23.0 Å². The Labute approximate surface area is 107 Å². The molecule has 0 aromatic heterocycles. The van der Waals surface area contributed by atoms with Crippen LogP contribution in [0.4, 0.5) is 0 Å². The van der Waals surface area contributed by atoms with Gasteiger partial charge in [0.05, 0.1) is 0 Å². The lowest BCUT2D eigenvalue weighted by atomic mass is 9.63. The van der Waals surface area contributed by atoms with Crippen LogP contribution in [0.15, 0.2) is 0 Å². The zero-order valence-electron chi connectivity index (χ0n) is 12.1. The highest BCUT2D eigenvalue weighted by molar-refractivity contribution is 5.01. The minimum atomic E-state index is 0.268. The van der Waals surface area contributed by atoms with E-state index in [2.05, 4.69) is 32.7 Å². The lowest BCUT2D eigenvalue weighted by molar-refractivity contribution is 0.00107. The lowest BCUT2D eigenvalue weighted by Gasteiger charge is -2.52. The zero-order chi connectivity index (χ0) is 12.7. The van der Waals surface area contributed by atoms with Crippen LogP contribution in [0.1, 0.15) is 52.9 Å². The van der Waals surface area contributed by atoms with E-state index >= 15 is 0 Å². The van der Waals surface area contributed by atoms with E-state index in [9.17, 15) is 0 Å². The molecule has 0 spiro atoms. The molecular weight excluding hydrogens is 208 g/mol. The molecule has 0 radical (unpaired) electrons. The van der Waals surface area contributed by atoms with Crippen molar-refractivity contribution in [1.29, 1.82) is 0 Å². The predicted molar refractivity (Wildman–Crippen MR) is 73.9 cm³/mol. The first kappa shape index (κ1) is 13.4. The van der Waals surface area contributed by atoms with Crippen molar-refractivity contribution in [3.05, 3.63) is 0 Å². The average molecular weight is 238 g/mol. The van der Waals surface area contributed by atoms with Gasteiger partial charge in [-0.1, -0.05) is 20.8 Å². The van der Waals surface area contributed by atoms with Crippen molar-refractivity contribution in [2.75, 3.05) is 20.1 Å². The Morgan fingerprint density at radius 1 is 1.24 bits per heavy atom. The molecule has 0 aromatic carbocycles. The van der Waals surface area contributed by atoms with Crippen molar-refractivity contribution in [2.45, 2.75) is 58.4 Å². The van der Waals surface area contributed by atoms with E-state index in [4.69, 9.17) is 5.73 Å². The van der Waals surface area contributed by atoms with Crippen molar-refractivity contribution in [3.8, 4) is 0 Å². The molecule has 2 unspecified atom stereocenters. The van der Waals surface area contributed by atoms with Crippen LogP contribution >= 0.6 is 0 Å². The highest BCUT2D eigenvalue weighted by Crippen LogP contribution is 2.46. The minimum Gasteiger partial charge on any atom is -0.329 e. The zero-order valence-corrected chi connectivity index (χ0v) is 12.1. The molecule has 0 amide bonds. The summed E-state index contributed by atoms with van der Waals surface area (Å²) in [4.78, 5) is 2.60. The van der Waals surface area contributed by atoms with E-state index in [0.717, 1.165) is 18.4 Å². The van der Waals surface area contributed by atoms with Crippen LogP contribution in [0.3, 0.4) is 0 Å². The van der Waals surface area contributed by atoms with E-state index in [-0.39, 0.29) is 5.54 Å². The van der Waals surface area contributed by atoms with Gasteiger partial charge in [0.15, 0.2) is 0 Å². The molecule has 2 saturated carbocycles. The molecule has 0 bridgehead atoms. The molecule has 2 heteroatoms. The maximum Gasteiger partial charge on any atom is 0.0336 e. The summed E-state index contributed by atoms with van der Waals surface area (Å²) in [6, 6.07) is 0. The van der Waals surface area contributed by atoms with Crippen LogP contribution < -0.4 is 5.73 Å². The molecule has 2 aliphatic carbocycles. The second-order valence-electron chi connectivity index (χ2n) is 7.61. The Bertz CT molecular complexity index is 270. The predicted octanol–water partition coefficient (Wildman–Crippen LogP) is 2.87. The third-order valence-corrected chi connectivity index (χ3v) is 4.86. The molecule has 0 saturated heterocycles. The number of hydrogen-bond acceptors (Lipinski definition) is 2. The molecule has 0 aliphatic heterocycles. The Balaban J connectivity index is 2.10. The van der Waals surface area contributed by atoms with Crippen LogP contribution in [-0.4, -0.2) is 30.6 Å². The molecule has 0 aromatic rings. The van der Waals surface area contributed by atoms with Crippen molar-refractivity contribution in [3.63, 3.8) is 0 Å². The number of hydrogen-bond donors (Lipinski definition) is 1. The van der Waals surface area contributed by atoms with Gasteiger partial charge in [0.1, 0.15) is 0 Å². The molecular formula is C15H30N2. The molecule has 2 aliphatic rings. The monoisotopic (exact) mass is 238 g/mol. The van der Waals surface area contributed by atoms with E-state index in [1.54, 1.807) is 0 Å². The highest BCUT2D eigenvalue weighted by atomic mass is 15.2. The Morgan fingerprint density at radius 2 is 1.88 bits per heavy atom. The number of likely N-dealkylation sites (N-methyl/N-ethyl adjacent to an activating group) is 1. The normalized spacial score (nSPS) is 37.4. The lowest BCUT2D eigenvalue weighted by Crippen LogP contribution is -2.58. The summed E-state index contributed by atoms with van der Waals surface area (Å²) in [5.74, 6) is 1.77. The molecule has 100 valence electrons. The van der Waals surface area contributed by atoms with Gasteiger partial charge in [0.25, 0.3) is 0 Å². The van der Waals surface area contributed by atoms with Crippen LogP contribution in [0.25, 0.3) is 0 Å². The summed E-state index contributed by atoms with van der Waals surface area (Å²) in [6.07, 6.45) is 6.78. The van der Waals surface area contributed by atoms with Gasteiger partial charge in [-0.05, 0) is 56.4 Å². The maximum atomic E-state index is 6.18. The smallest absolute Gasteiger partial charge is 0.0336 e. The molecule has 2 fully saturated rings. The minimum absolute atomic E-state index is 0.268. The third-order valence-electron chi connectivity index (χ3n) is 4.86. The topological polar surface area (TPSA) is 29.3 Å². The first-order chi connectivity index (χ1) is 7.87. The molecule has 0 heterocycles. The molecule has 2 atom stereocenters. The van der Waals surface area contributed by atoms with Crippen LogP contribution in [0.5, 0.6) is 0 Å². The fourth-order valence-electron chi connectivity index (χ4n) is 4.18. The van der Waals surface area contributed by atoms with E-state index in [0.29, 0.717) is 5.41 Å². The highest BCUT2D eigenvalue weighted by Gasteiger charge is 2.45. The number of rotatable bonds is 4. The number of nitrogens with zero attached hydrogens (tertiary/aromatic N) is 1. The van der Waals surface area contributed by atoms with Crippen molar-refractivity contribution >= 4 is 0 Å². The summed E-state index contributed by atoms with van der Waals surface area (Å²) in [5.41, 5.74) is 6.90. The second-order valence-corrected chi connectivity index (χ2v) is 7.61. The van der Waals surface area contributed by atoms with Gasteiger partial charge in [0.2, 0.25) is 0 Å². The van der Waals surface area contributed by atoms with Gasteiger partial charge in [0, 0.05) is 18.6 Å².